The van der Waals surface area contributed by atoms with E-state index in [0.29, 0.717) is 28.6 Å². The smallest absolute Gasteiger partial charge is 0.264 e. The lowest BCUT2D eigenvalue weighted by atomic mass is 10.1. The van der Waals surface area contributed by atoms with E-state index in [9.17, 15) is 18.0 Å². The molecule has 0 saturated heterocycles. The third kappa shape index (κ3) is 7.92. The number of sulfonamides is 1. The number of hydrogen-bond acceptors (Lipinski definition) is 6. The number of benzene rings is 3. The fraction of sp³-hybridized carbons (Fsp3) is 0.333. The van der Waals surface area contributed by atoms with Crippen LogP contribution in [0, 0.1) is 6.92 Å². The molecule has 0 aliphatic heterocycles. The van der Waals surface area contributed by atoms with Crippen LogP contribution in [0.25, 0.3) is 0 Å². The van der Waals surface area contributed by atoms with Gasteiger partial charge in [0.25, 0.3) is 10.0 Å². The molecule has 11 heteroatoms. The summed E-state index contributed by atoms with van der Waals surface area (Å²) in [7, 11) is -1.30. The zero-order chi connectivity index (χ0) is 30.2. The molecule has 0 heterocycles. The highest BCUT2D eigenvalue weighted by Gasteiger charge is 2.33. The molecule has 3 rings (SSSR count). The van der Waals surface area contributed by atoms with Crippen molar-refractivity contribution in [3.05, 3.63) is 82.9 Å². The summed E-state index contributed by atoms with van der Waals surface area (Å²) in [5.74, 6) is -0.223. The van der Waals surface area contributed by atoms with Crippen LogP contribution in [0.2, 0.25) is 5.02 Å². The number of ether oxygens (including phenoxy) is 2. The molecule has 3 aromatic rings. The quantitative estimate of drug-likeness (QED) is 0.302. The Morgan fingerprint density at radius 2 is 1.66 bits per heavy atom. The van der Waals surface area contributed by atoms with Crippen molar-refractivity contribution in [3.8, 4) is 11.5 Å². The predicted octanol–water partition coefficient (Wildman–Crippen LogP) is 4.80. The number of nitrogens with zero attached hydrogens (tertiary/aromatic N) is 2. The Morgan fingerprint density at radius 3 is 2.27 bits per heavy atom. The Morgan fingerprint density at radius 1 is 0.976 bits per heavy atom. The Kier molecular flexibility index (Phi) is 11.0. The maximum atomic E-state index is 14.0. The first kappa shape index (κ1) is 31.8. The molecule has 1 atom stereocenters. The van der Waals surface area contributed by atoms with E-state index in [4.69, 9.17) is 21.1 Å². The van der Waals surface area contributed by atoms with Crippen LogP contribution in [0.3, 0.4) is 0 Å². The monoisotopic (exact) mass is 601 g/mol. The molecule has 0 aliphatic rings. The maximum Gasteiger partial charge on any atom is 0.264 e. The van der Waals surface area contributed by atoms with Gasteiger partial charge in [0.15, 0.2) is 11.5 Å². The maximum absolute atomic E-state index is 14.0. The first-order chi connectivity index (χ1) is 19.5. The predicted molar refractivity (Wildman–Crippen MR) is 160 cm³/mol. The van der Waals surface area contributed by atoms with Crippen LogP contribution in [0.1, 0.15) is 31.4 Å². The van der Waals surface area contributed by atoms with Gasteiger partial charge < -0.3 is 19.7 Å². The number of methoxy groups -OCH3 is 2. The summed E-state index contributed by atoms with van der Waals surface area (Å²) in [6, 6.07) is 17.0. The molecule has 0 saturated carbocycles. The fourth-order valence-electron chi connectivity index (χ4n) is 4.16. The van der Waals surface area contributed by atoms with Crippen molar-refractivity contribution in [2.75, 3.05) is 31.6 Å². The van der Waals surface area contributed by atoms with Crippen molar-refractivity contribution in [1.29, 1.82) is 0 Å². The lowest BCUT2D eigenvalue weighted by molar-refractivity contribution is -0.139. The van der Waals surface area contributed by atoms with Crippen molar-refractivity contribution in [2.24, 2.45) is 0 Å². The van der Waals surface area contributed by atoms with Gasteiger partial charge in [-0.3, -0.25) is 13.9 Å². The molecule has 0 spiro atoms. The molecular formula is C30H36ClN3O6S. The van der Waals surface area contributed by atoms with Crippen molar-refractivity contribution in [1.82, 2.24) is 10.2 Å². The van der Waals surface area contributed by atoms with Crippen LogP contribution in [0.4, 0.5) is 5.69 Å². The number of aryl methyl sites for hydroxylation is 1. The molecule has 1 N–H and O–H groups in total. The summed E-state index contributed by atoms with van der Waals surface area (Å²) in [5.41, 5.74) is 1.78. The van der Waals surface area contributed by atoms with Crippen molar-refractivity contribution in [2.45, 2.75) is 44.7 Å². The molecule has 9 nitrogen and oxygen atoms in total. The Bertz CT molecular complexity index is 1460. The SMILES string of the molecule is CCCNC(=O)C(C)N(Cc1cccc(Cl)c1)C(=O)CN(c1ccc(OC)c(OC)c1)S(=O)(=O)c1ccc(C)cc1. The number of carbonyl (C=O) groups excluding carboxylic acids is 2. The molecule has 3 aromatic carbocycles. The lowest BCUT2D eigenvalue weighted by Gasteiger charge is -2.32. The minimum absolute atomic E-state index is 0.0146. The summed E-state index contributed by atoms with van der Waals surface area (Å²) in [5, 5.41) is 3.30. The third-order valence-corrected chi connectivity index (χ3v) is 8.52. The average Bonchev–Trinajstić information content (AvgIpc) is 2.96. The van der Waals surface area contributed by atoms with E-state index in [1.807, 2.05) is 13.8 Å². The Balaban J connectivity index is 2.08. The van der Waals surface area contributed by atoms with E-state index in [-0.39, 0.29) is 23.0 Å². The normalized spacial score (nSPS) is 11.9. The van der Waals surface area contributed by atoms with Crippen LogP contribution in [0.5, 0.6) is 11.5 Å². The van der Waals surface area contributed by atoms with Crippen LogP contribution in [-0.2, 0) is 26.2 Å². The van der Waals surface area contributed by atoms with Gasteiger partial charge in [-0.15, -0.1) is 0 Å². The van der Waals surface area contributed by atoms with Gasteiger partial charge in [-0.1, -0.05) is 48.4 Å². The Labute approximate surface area is 247 Å². The summed E-state index contributed by atoms with van der Waals surface area (Å²) < 4.78 is 39.7. The number of hydrogen-bond donors (Lipinski definition) is 1. The molecule has 0 radical (unpaired) electrons. The van der Waals surface area contributed by atoms with Gasteiger partial charge in [-0.05, 0) is 62.2 Å². The lowest BCUT2D eigenvalue weighted by Crippen LogP contribution is -2.51. The van der Waals surface area contributed by atoms with E-state index in [1.165, 1.54) is 37.3 Å². The molecule has 1 unspecified atom stereocenters. The zero-order valence-corrected chi connectivity index (χ0v) is 25.5. The van der Waals surface area contributed by atoms with Gasteiger partial charge in [-0.2, -0.15) is 0 Å². The zero-order valence-electron chi connectivity index (χ0n) is 23.9. The average molecular weight is 602 g/mol. The Hall–Kier alpha value is -3.76. The molecule has 41 heavy (non-hydrogen) atoms. The van der Waals surface area contributed by atoms with Crippen LogP contribution >= 0.6 is 11.6 Å². The van der Waals surface area contributed by atoms with E-state index in [2.05, 4.69) is 5.32 Å². The van der Waals surface area contributed by atoms with Crippen LogP contribution in [0.15, 0.2) is 71.6 Å². The second-order valence-corrected chi connectivity index (χ2v) is 11.8. The number of carbonyl (C=O) groups is 2. The van der Waals surface area contributed by atoms with E-state index >= 15 is 0 Å². The van der Waals surface area contributed by atoms with E-state index < -0.39 is 28.5 Å². The highest BCUT2D eigenvalue weighted by atomic mass is 35.5. The number of nitrogens with one attached hydrogen (secondary N) is 1. The molecule has 0 bridgehead atoms. The number of rotatable bonds is 13. The first-order valence-electron chi connectivity index (χ1n) is 13.1. The highest BCUT2D eigenvalue weighted by Crippen LogP contribution is 2.34. The van der Waals surface area contributed by atoms with Gasteiger partial charge in [-0.25, -0.2) is 8.42 Å². The van der Waals surface area contributed by atoms with Gasteiger partial charge >= 0.3 is 0 Å². The minimum atomic E-state index is -4.22. The van der Waals surface area contributed by atoms with Crippen LogP contribution in [-0.4, -0.2) is 58.5 Å². The summed E-state index contributed by atoms with van der Waals surface area (Å²) in [6.07, 6.45) is 0.725. The number of halogens is 1. The summed E-state index contributed by atoms with van der Waals surface area (Å²) in [4.78, 5) is 28.3. The fourth-order valence-corrected chi connectivity index (χ4v) is 5.78. The largest absolute Gasteiger partial charge is 0.493 e. The standard InChI is InChI=1S/C30H36ClN3O6S/c1-6-16-32-30(36)22(3)33(19-23-8-7-9-24(31)17-23)29(35)20-34(25-12-15-27(39-4)28(18-25)40-5)41(37,38)26-13-10-21(2)11-14-26/h7-15,17-18,22H,6,16,19-20H2,1-5H3,(H,32,36). The highest BCUT2D eigenvalue weighted by molar-refractivity contribution is 7.92. The van der Waals surface area contributed by atoms with Crippen LogP contribution < -0.4 is 19.1 Å². The van der Waals surface area contributed by atoms with Gasteiger partial charge in [0.05, 0.1) is 24.8 Å². The first-order valence-corrected chi connectivity index (χ1v) is 15.0. The van der Waals surface area contributed by atoms with E-state index in [0.717, 1.165) is 16.3 Å². The number of amides is 2. The third-order valence-electron chi connectivity index (χ3n) is 6.50. The minimum Gasteiger partial charge on any atom is -0.493 e. The molecule has 0 fully saturated rings. The number of anilines is 1. The van der Waals surface area contributed by atoms with Gasteiger partial charge in [0.2, 0.25) is 11.8 Å². The van der Waals surface area contributed by atoms with E-state index in [1.54, 1.807) is 55.5 Å². The second kappa shape index (κ2) is 14.2. The molecule has 2 amide bonds. The van der Waals surface area contributed by atoms with Crippen molar-refractivity contribution < 1.29 is 27.5 Å². The molecule has 220 valence electrons. The van der Waals surface area contributed by atoms with Gasteiger partial charge in [0, 0.05) is 24.2 Å². The topological polar surface area (TPSA) is 105 Å². The molecule has 0 aliphatic carbocycles. The second-order valence-electron chi connectivity index (χ2n) is 9.48. The van der Waals surface area contributed by atoms with Crippen molar-refractivity contribution in [3.63, 3.8) is 0 Å². The van der Waals surface area contributed by atoms with Crippen molar-refractivity contribution >= 4 is 39.1 Å². The molecule has 0 aromatic heterocycles. The summed E-state index contributed by atoms with van der Waals surface area (Å²) >= 11 is 6.18. The molecular weight excluding hydrogens is 566 g/mol. The van der Waals surface area contributed by atoms with Gasteiger partial charge in [0.1, 0.15) is 12.6 Å². The summed E-state index contributed by atoms with van der Waals surface area (Å²) in [6.45, 7) is 5.31.